The Kier molecular flexibility index (Phi) is 4.08. The van der Waals surface area contributed by atoms with Crippen molar-refractivity contribution in [3.63, 3.8) is 0 Å². The van der Waals surface area contributed by atoms with Gasteiger partial charge in [0.2, 0.25) is 0 Å². The van der Waals surface area contributed by atoms with E-state index in [1.165, 1.54) is 15.9 Å². The monoisotopic (exact) mass is 309 g/mol. The molecular weight excluding hydrogens is 294 g/mol. The van der Waals surface area contributed by atoms with Crippen molar-refractivity contribution in [1.29, 1.82) is 0 Å². The summed E-state index contributed by atoms with van der Waals surface area (Å²) in [6, 6.07) is 6.51. The molecule has 0 bridgehead atoms. The van der Waals surface area contributed by atoms with Crippen LogP contribution in [0.5, 0.6) is 0 Å². The first-order valence-electron chi connectivity index (χ1n) is 5.76. The van der Waals surface area contributed by atoms with E-state index in [1.807, 2.05) is 7.05 Å². The molecule has 1 atom stereocenters. The maximum atomic E-state index is 4.21. The fraction of sp³-hybridized carbons (Fsp3) is 0.417. The van der Waals surface area contributed by atoms with Crippen LogP contribution in [0.3, 0.4) is 0 Å². The van der Waals surface area contributed by atoms with Crippen LogP contribution in [0.25, 0.3) is 0 Å². The summed E-state index contributed by atoms with van der Waals surface area (Å²) in [4.78, 5) is 1.48. The lowest BCUT2D eigenvalue weighted by Crippen LogP contribution is -2.20. The zero-order valence-corrected chi connectivity index (χ0v) is 12.3. The van der Waals surface area contributed by atoms with Crippen LogP contribution >= 0.6 is 15.9 Å². The van der Waals surface area contributed by atoms with Crippen LogP contribution in [0.1, 0.15) is 23.0 Å². The van der Waals surface area contributed by atoms with Crippen molar-refractivity contribution in [2.24, 2.45) is 7.05 Å². The maximum Gasteiger partial charge on any atom is 0.176 e. The number of benzene rings is 1. The maximum absolute atomic E-state index is 4.21. The third kappa shape index (κ3) is 2.94. The molecule has 0 fully saturated rings. The summed E-state index contributed by atoms with van der Waals surface area (Å²) < 4.78 is 1.10. The summed E-state index contributed by atoms with van der Waals surface area (Å²) in [6.45, 7) is 2.08. The number of aryl methyl sites for hydroxylation is 2. The largest absolute Gasteiger partial charge is 0.313 e. The molecule has 0 amide bonds. The van der Waals surface area contributed by atoms with Crippen LogP contribution < -0.4 is 5.32 Å². The summed E-state index contributed by atoms with van der Waals surface area (Å²) in [7, 11) is 3.71. The Hall–Kier alpha value is -1.27. The normalized spacial score (nSPS) is 12.7. The smallest absolute Gasteiger partial charge is 0.176 e. The molecule has 2 aromatic rings. The van der Waals surface area contributed by atoms with Gasteiger partial charge in [0, 0.05) is 16.9 Å². The molecule has 96 valence electrons. The zero-order chi connectivity index (χ0) is 13.1. The molecule has 1 unspecified atom stereocenters. The molecule has 0 aliphatic rings. The topological polar surface area (TPSA) is 55.6 Å². The highest BCUT2D eigenvalue weighted by molar-refractivity contribution is 9.10. The SMILES string of the molecule is CNC(Cc1nnn(C)n1)c1ccc(C)cc1Br. The van der Waals surface area contributed by atoms with Crippen LogP contribution in [0.2, 0.25) is 0 Å². The number of aromatic nitrogens is 4. The van der Waals surface area contributed by atoms with Crippen LogP contribution in [0.4, 0.5) is 0 Å². The number of hydrogen-bond acceptors (Lipinski definition) is 4. The second-order valence-corrected chi connectivity index (χ2v) is 5.12. The van der Waals surface area contributed by atoms with Gasteiger partial charge in [0.05, 0.1) is 7.05 Å². The highest BCUT2D eigenvalue weighted by atomic mass is 79.9. The number of halogens is 1. The van der Waals surface area contributed by atoms with Gasteiger partial charge in [-0.2, -0.15) is 4.80 Å². The number of nitrogens with zero attached hydrogens (tertiary/aromatic N) is 4. The molecule has 1 N–H and O–H groups in total. The minimum absolute atomic E-state index is 0.171. The predicted molar refractivity (Wildman–Crippen MR) is 73.2 cm³/mol. The Labute approximate surface area is 115 Å². The van der Waals surface area contributed by atoms with E-state index in [0.29, 0.717) is 6.42 Å². The summed E-state index contributed by atoms with van der Waals surface area (Å²) in [5.74, 6) is 0.740. The van der Waals surface area contributed by atoms with Gasteiger partial charge in [-0.1, -0.05) is 28.1 Å². The highest BCUT2D eigenvalue weighted by Crippen LogP contribution is 2.26. The zero-order valence-electron chi connectivity index (χ0n) is 10.7. The van der Waals surface area contributed by atoms with Crippen LogP contribution in [0.15, 0.2) is 22.7 Å². The van der Waals surface area contributed by atoms with Crippen molar-refractivity contribution in [3.05, 3.63) is 39.6 Å². The number of rotatable bonds is 4. The number of nitrogens with one attached hydrogen (secondary N) is 1. The Morgan fingerprint density at radius 3 is 2.78 bits per heavy atom. The Bertz CT molecular complexity index is 537. The van der Waals surface area contributed by atoms with E-state index in [9.17, 15) is 0 Å². The Balaban J connectivity index is 2.22. The van der Waals surface area contributed by atoms with Crippen molar-refractivity contribution < 1.29 is 0 Å². The molecule has 0 aliphatic carbocycles. The average molecular weight is 310 g/mol. The Morgan fingerprint density at radius 1 is 1.44 bits per heavy atom. The minimum atomic E-state index is 0.171. The van der Waals surface area contributed by atoms with E-state index in [0.717, 1.165) is 10.3 Å². The Morgan fingerprint density at radius 2 is 2.22 bits per heavy atom. The van der Waals surface area contributed by atoms with Crippen molar-refractivity contribution in [3.8, 4) is 0 Å². The molecule has 18 heavy (non-hydrogen) atoms. The first-order valence-corrected chi connectivity index (χ1v) is 6.55. The van der Waals surface area contributed by atoms with Gasteiger partial charge < -0.3 is 5.32 Å². The first-order chi connectivity index (χ1) is 8.60. The summed E-state index contributed by atoms with van der Waals surface area (Å²) in [5, 5.41) is 15.4. The first kappa shape index (κ1) is 13.2. The summed E-state index contributed by atoms with van der Waals surface area (Å²) >= 11 is 3.61. The lowest BCUT2D eigenvalue weighted by molar-refractivity contribution is 0.568. The second kappa shape index (κ2) is 5.58. The molecule has 0 aliphatic heterocycles. The molecule has 2 rings (SSSR count). The van der Waals surface area contributed by atoms with Crippen LogP contribution in [0, 0.1) is 6.92 Å². The van der Waals surface area contributed by atoms with Gasteiger partial charge in [-0.05, 0) is 36.4 Å². The van der Waals surface area contributed by atoms with Gasteiger partial charge in [0.15, 0.2) is 5.82 Å². The van der Waals surface area contributed by atoms with Gasteiger partial charge in [-0.15, -0.1) is 10.2 Å². The summed E-state index contributed by atoms with van der Waals surface area (Å²) in [5.41, 5.74) is 2.44. The van der Waals surface area contributed by atoms with Crippen molar-refractivity contribution in [2.75, 3.05) is 7.05 Å². The van der Waals surface area contributed by atoms with E-state index < -0.39 is 0 Å². The molecule has 0 spiro atoms. The van der Waals surface area contributed by atoms with Gasteiger partial charge in [-0.25, -0.2) is 0 Å². The molecule has 1 aromatic carbocycles. The molecule has 0 saturated heterocycles. The highest BCUT2D eigenvalue weighted by Gasteiger charge is 2.15. The molecule has 6 heteroatoms. The van der Waals surface area contributed by atoms with E-state index in [4.69, 9.17) is 0 Å². The van der Waals surface area contributed by atoms with Crippen LogP contribution in [-0.4, -0.2) is 27.3 Å². The van der Waals surface area contributed by atoms with Gasteiger partial charge in [-0.3, -0.25) is 0 Å². The van der Waals surface area contributed by atoms with Crippen molar-refractivity contribution in [2.45, 2.75) is 19.4 Å². The lowest BCUT2D eigenvalue weighted by atomic mass is 10.0. The third-order valence-electron chi connectivity index (χ3n) is 2.82. The van der Waals surface area contributed by atoms with Crippen molar-refractivity contribution >= 4 is 15.9 Å². The van der Waals surface area contributed by atoms with Crippen molar-refractivity contribution in [1.82, 2.24) is 25.5 Å². The third-order valence-corrected chi connectivity index (χ3v) is 3.50. The standard InChI is InChI=1S/C12H16BrN5/c1-8-4-5-9(10(13)6-8)11(14-2)7-12-15-17-18(3)16-12/h4-6,11,14H,7H2,1-3H3. The molecule has 0 saturated carbocycles. The molecule has 1 heterocycles. The van der Waals surface area contributed by atoms with E-state index in [2.05, 4.69) is 61.8 Å². The van der Waals surface area contributed by atoms with E-state index in [-0.39, 0.29) is 6.04 Å². The fourth-order valence-corrected chi connectivity index (χ4v) is 2.64. The minimum Gasteiger partial charge on any atom is -0.313 e. The molecular formula is C12H16BrN5. The molecule has 0 radical (unpaired) electrons. The van der Waals surface area contributed by atoms with Gasteiger partial charge >= 0.3 is 0 Å². The van der Waals surface area contributed by atoms with Gasteiger partial charge in [0.25, 0.3) is 0 Å². The lowest BCUT2D eigenvalue weighted by Gasteiger charge is -2.16. The van der Waals surface area contributed by atoms with Crippen LogP contribution in [-0.2, 0) is 13.5 Å². The van der Waals surface area contributed by atoms with Gasteiger partial charge in [0.1, 0.15) is 0 Å². The number of likely N-dealkylation sites (N-methyl/N-ethyl adjacent to an activating group) is 1. The number of tetrazole rings is 1. The molecule has 1 aromatic heterocycles. The summed E-state index contributed by atoms with van der Waals surface area (Å²) in [6.07, 6.45) is 0.714. The predicted octanol–water partition coefficient (Wildman–Crippen LogP) is 1.78. The second-order valence-electron chi connectivity index (χ2n) is 4.27. The van der Waals surface area contributed by atoms with E-state index in [1.54, 1.807) is 7.05 Å². The number of hydrogen-bond donors (Lipinski definition) is 1. The average Bonchev–Trinajstić information content (AvgIpc) is 2.72. The fourth-order valence-electron chi connectivity index (χ4n) is 1.87. The molecule has 5 nitrogen and oxygen atoms in total. The quantitative estimate of drug-likeness (QED) is 0.935. The van der Waals surface area contributed by atoms with E-state index >= 15 is 0 Å².